The summed E-state index contributed by atoms with van der Waals surface area (Å²) in [6.45, 7) is 3.26. The number of hydrazine groups is 1. The normalized spacial score (nSPS) is 12.1. The van der Waals surface area contributed by atoms with E-state index in [4.69, 9.17) is 11.6 Å². The molecule has 0 saturated carbocycles. The van der Waals surface area contributed by atoms with Crippen LogP contribution in [0.25, 0.3) is 0 Å². The van der Waals surface area contributed by atoms with Gasteiger partial charge >= 0.3 is 6.18 Å². The zero-order chi connectivity index (χ0) is 21.1. The molecule has 3 N–H and O–H groups in total. The van der Waals surface area contributed by atoms with Gasteiger partial charge in [0.15, 0.2) is 0 Å². The third-order valence-corrected chi connectivity index (χ3v) is 5.41. The second-order valence-electron chi connectivity index (χ2n) is 6.04. The van der Waals surface area contributed by atoms with E-state index in [0.717, 1.165) is 18.2 Å². The molecule has 152 valence electrons. The fourth-order valence-corrected chi connectivity index (χ4v) is 3.73. The van der Waals surface area contributed by atoms with Gasteiger partial charge in [0.1, 0.15) is 0 Å². The number of para-hydroxylation sites is 1. The lowest BCUT2D eigenvalue weighted by Crippen LogP contribution is -2.32. The average molecular weight is 436 g/mol. The lowest BCUT2D eigenvalue weighted by Gasteiger charge is -2.16. The van der Waals surface area contributed by atoms with E-state index in [1.54, 1.807) is 13.8 Å². The molecule has 0 aromatic heterocycles. The Balaban J connectivity index is 2.26. The van der Waals surface area contributed by atoms with Crippen molar-refractivity contribution in [3.8, 4) is 0 Å². The lowest BCUT2D eigenvalue weighted by atomic mass is 10.2. The molecule has 0 aliphatic rings. The predicted octanol–water partition coefficient (Wildman–Crippen LogP) is 3.80. The highest BCUT2D eigenvalue weighted by Crippen LogP contribution is 2.34. The number of hydrogen-bond acceptors (Lipinski definition) is 4. The summed E-state index contributed by atoms with van der Waals surface area (Å²) in [5.74, 6) is -0.899. The number of carbonyl (C=O) groups is 1. The van der Waals surface area contributed by atoms with E-state index in [2.05, 4.69) is 15.6 Å². The van der Waals surface area contributed by atoms with Gasteiger partial charge in [0.25, 0.3) is 5.91 Å². The quantitative estimate of drug-likeness (QED) is 0.602. The number of amides is 1. The fourth-order valence-electron chi connectivity index (χ4n) is 2.25. The van der Waals surface area contributed by atoms with Gasteiger partial charge in [-0.2, -0.15) is 13.2 Å². The molecule has 0 aliphatic carbocycles. The van der Waals surface area contributed by atoms with E-state index >= 15 is 0 Å². The maximum atomic E-state index is 13.0. The van der Waals surface area contributed by atoms with E-state index in [0.29, 0.717) is 0 Å². The second kappa shape index (κ2) is 8.38. The van der Waals surface area contributed by atoms with E-state index in [1.165, 1.54) is 24.3 Å². The van der Waals surface area contributed by atoms with Crippen LogP contribution in [0.1, 0.15) is 29.8 Å². The predicted molar refractivity (Wildman–Crippen MR) is 99.4 cm³/mol. The van der Waals surface area contributed by atoms with Crippen LogP contribution in [0, 0.1) is 0 Å². The van der Waals surface area contributed by atoms with Crippen LogP contribution >= 0.6 is 11.6 Å². The molecule has 0 radical (unpaired) electrons. The highest BCUT2D eigenvalue weighted by atomic mass is 35.5. The number of hydrogen-bond donors (Lipinski definition) is 3. The van der Waals surface area contributed by atoms with Crippen LogP contribution in [-0.2, 0) is 16.2 Å². The lowest BCUT2D eigenvalue weighted by molar-refractivity contribution is -0.137. The maximum absolute atomic E-state index is 13.0. The third kappa shape index (κ3) is 5.37. The Morgan fingerprint density at radius 3 is 2.36 bits per heavy atom. The first-order valence-corrected chi connectivity index (χ1v) is 9.82. The molecule has 0 atom stereocenters. The number of anilines is 1. The summed E-state index contributed by atoms with van der Waals surface area (Å²) in [5, 5.41) is -0.0631. The molecule has 0 aliphatic heterocycles. The number of carbonyl (C=O) groups excluding carboxylic acids is 1. The number of rotatable bonds is 6. The van der Waals surface area contributed by atoms with Crippen molar-refractivity contribution in [3.05, 3.63) is 58.6 Å². The van der Waals surface area contributed by atoms with E-state index < -0.39 is 27.7 Å². The third-order valence-electron chi connectivity index (χ3n) is 3.43. The van der Waals surface area contributed by atoms with Crippen LogP contribution in [0.2, 0.25) is 5.02 Å². The van der Waals surface area contributed by atoms with Crippen molar-refractivity contribution in [1.29, 1.82) is 0 Å². The standard InChI is InChI=1S/C17H17ClF3N3O3S/c1-10(2)24-28(26,27)11-7-8-14(18)12(9-11)16(25)23-22-15-6-4-3-5-13(15)17(19,20)21/h3-10,22,24H,1-2H3,(H,23,25). The number of nitrogens with one attached hydrogen (secondary N) is 3. The largest absolute Gasteiger partial charge is 0.418 e. The zero-order valence-electron chi connectivity index (χ0n) is 14.8. The molecule has 0 spiro atoms. The van der Waals surface area contributed by atoms with Crippen molar-refractivity contribution in [3.63, 3.8) is 0 Å². The van der Waals surface area contributed by atoms with Crippen LogP contribution < -0.4 is 15.6 Å². The van der Waals surface area contributed by atoms with Crippen molar-refractivity contribution >= 4 is 33.2 Å². The first kappa shape index (κ1) is 22.0. The van der Waals surface area contributed by atoms with Gasteiger partial charge in [-0.15, -0.1) is 0 Å². The van der Waals surface area contributed by atoms with Crippen molar-refractivity contribution in [1.82, 2.24) is 10.1 Å². The van der Waals surface area contributed by atoms with Crippen molar-refractivity contribution in [2.45, 2.75) is 31.0 Å². The van der Waals surface area contributed by atoms with Gasteiger partial charge in [-0.1, -0.05) is 23.7 Å². The number of benzene rings is 2. The smallest absolute Gasteiger partial charge is 0.298 e. The van der Waals surface area contributed by atoms with E-state index in [-0.39, 0.29) is 27.2 Å². The first-order valence-electron chi connectivity index (χ1n) is 7.96. The van der Waals surface area contributed by atoms with Gasteiger partial charge in [-0.05, 0) is 44.2 Å². The highest BCUT2D eigenvalue weighted by molar-refractivity contribution is 7.89. The van der Waals surface area contributed by atoms with Crippen LogP contribution in [0.15, 0.2) is 47.4 Å². The molecule has 0 fully saturated rings. The summed E-state index contributed by atoms with van der Waals surface area (Å²) >= 11 is 5.95. The van der Waals surface area contributed by atoms with Gasteiger partial charge in [0.05, 0.1) is 26.7 Å². The molecule has 1 amide bonds. The molecular weight excluding hydrogens is 419 g/mol. The molecular formula is C17H17ClF3N3O3S. The highest BCUT2D eigenvalue weighted by Gasteiger charge is 2.33. The molecule has 2 aromatic carbocycles. The van der Waals surface area contributed by atoms with Gasteiger partial charge in [-0.3, -0.25) is 15.6 Å². The summed E-state index contributed by atoms with van der Waals surface area (Å²) in [7, 11) is -3.88. The summed E-state index contributed by atoms with van der Waals surface area (Å²) in [5.41, 5.74) is 2.73. The Kier molecular flexibility index (Phi) is 6.58. The van der Waals surface area contributed by atoms with Crippen molar-refractivity contribution in [2.24, 2.45) is 0 Å². The molecule has 0 bridgehead atoms. The molecule has 2 rings (SSSR count). The Morgan fingerprint density at radius 1 is 1.11 bits per heavy atom. The topological polar surface area (TPSA) is 87.3 Å². The minimum atomic E-state index is -4.62. The second-order valence-corrected chi connectivity index (χ2v) is 8.16. The van der Waals surface area contributed by atoms with Crippen molar-refractivity contribution < 1.29 is 26.4 Å². The number of halogens is 4. The average Bonchev–Trinajstić information content (AvgIpc) is 2.58. The SMILES string of the molecule is CC(C)NS(=O)(=O)c1ccc(Cl)c(C(=O)NNc2ccccc2C(F)(F)F)c1. The Labute approximate surface area is 165 Å². The van der Waals surface area contributed by atoms with Gasteiger partial charge in [0, 0.05) is 6.04 Å². The van der Waals surface area contributed by atoms with Crippen LogP contribution in [-0.4, -0.2) is 20.4 Å². The van der Waals surface area contributed by atoms with E-state index in [9.17, 15) is 26.4 Å². The molecule has 0 heterocycles. The molecule has 0 unspecified atom stereocenters. The Bertz CT molecular complexity index is 979. The summed E-state index contributed by atoms with van der Waals surface area (Å²) < 4.78 is 65.8. The van der Waals surface area contributed by atoms with Gasteiger partial charge in [-0.25, -0.2) is 13.1 Å². The monoisotopic (exact) mass is 435 g/mol. The van der Waals surface area contributed by atoms with Crippen LogP contribution in [0.3, 0.4) is 0 Å². The first-order chi connectivity index (χ1) is 12.9. The Hall–Kier alpha value is -2.30. The van der Waals surface area contributed by atoms with E-state index in [1.807, 2.05) is 0 Å². The summed E-state index contributed by atoms with van der Waals surface area (Å²) in [6.07, 6.45) is -4.62. The van der Waals surface area contributed by atoms with Gasteiger partial charge in [0.2, 0.25) is 10.0 Å². The minimum Gasteiger partial charge on any atom is -0.298 e. The van der Waals surface area contributed by atoms with Gasteiger partial charge < -0.3 is 0 Å². The fraction of sp³-hybridized carbons (Fsp3) is 0.235. The molecule has 0 saturated heterocycles. The minimum absolute atomic E-state index is 0.0631. The van der Waals surface area contributed by atoms with Crippen molar-refractivity contribution in [2.75, 3.05) is 5.43 Å². The number of alkyl halides is 3. The maximum Gasteiger partial charge on any atom is 0.418 e. The Morgan fingerprint density at radius 2 is 1.75 bits per heavy atom. The molecule has 6 nitrogen and oxygen atoms in total. The molecule has 2 aromatic rings. The summed E-state index contributed by atoms with van der Waals surface area (Å²) in [4.78, 5) is 12.1. The number of sulfonamides is 1. The van der Waals surface area contributed by atoms with Crippen LogP contribution in [0.4, 0.5) is 18.9 Å². The van der Waals surface area contributed by atoms with Crippen LogP contribution in [0.5, 0.6) is 0 Å². The molecule has 28 heavy (non-hydrogen) atoms. The summed E-state index contributed by atoms with van der Waals surface area (Å²) in [6, 6.07) is 7.66. The zero-order valence-corrected chi connectivity index (χ0v) is 16.3. The molecule has 11 heteroatoms.